The Morgan fingerprint density at radius 3 is 2.35 bits per heavy atom. The van der Waals surface area contributed by atoms with Crippen molar-refractivity contribution in [2.45, 2.75) is 63.8 Å². The summed E-state index contributed by atoms with van der Waals surface area (Å²) in [4.78, 5) is 2.78. The number of likely N-dealkylation sites (tertiary alicyclic amines) is 1. The van der Waals surface area contributed by atoms with Crippen molar-refractivity contribution in [3.8, 4) is 0 Å². The highest BCUT2D eigenvalue weighted by Gasteiger charge is 2.46. The quantitative estimate of drug-likeness (QED) is 0.799. The van der Waals surface area contributed by atoms with Crippen LogP contribution in [0.2, 0.25) is 0 Å². The molecular formula is C15H28N2. The van der Waals surface area contributed by atoms with E-state index in [0.29, 0.717) is 0 Å². The number of hydrogen-bond donors (Lipinski definition) is 1. The van der Waals surface area contributed by atoms with Crippen molar-refractivity contribution in [3.05, 3.63) is 0 Å². The van der Waals surface area contributed by atoms with Crippen LogP contribution in [0.25, 0.3) is 0 Å². The lowest BCUT2D eigenvalue weighted by molar-refractivity contribution is -0.0762. The third kappa shape index (κ3) is 2.26. The molecule has 1 saturated heterocycles. The van der Waals surface area contributed by atoms with E-state index >= 15 is 0 Å². The van der Waals surface area contributed by atoms with Crippen molar-refractivity contribution in [2.24, 2.45) is 17.1 Å². The molecule has 2 aliphatic carbocycles. The van der Waals surface area contributed by atoms with E-state index in [1.54, 1.807) is 0 Å². The summed E-state index contributed by atoms with van der Waals surface area (Å²) in [5.41, 5.74) is 6.70. The summed E-state index contributed by atoms with van der Waals surface area (Å²) in [6, 6.07) is 0.835. The molecule has 3 fully saturated rings. The fourth-order valence-corrected chi connectivity index (χ4v) is 4.61. The van der Waals surface area contributed by atoms with Crippen LogP contribution in [0.3, 0.4) is 0 Å². The number of rotatable bonds is 2. The zero-order chi connectivity index (χ0) is 11.7. The molecule has 0 aromatic carbocycles. The van der Waals surface area contributed by atoms with Gasteiger partial charge in [0.1, 0.15) is 0 Å². The van der Waals surface area contributed by atoms with E-state index in [4.69, 9.17) is 5.73 Å². The van der Waals surface area contributed by atoms with Gasteiger partial charge in [0.15, 0.2) is 0 Å². The zero-order valence-electron chi connectivity index (χ0n) is 11.2. The summed E-state index contributed by atoms with van der Waals surface area (Å²) < 4.78 is 0. The summed E-state index contributed by atoms with van der Waals surface area (Å²) in [5.74, 6) is 0.796. The van der Waals surface area contributed by atoms with Crippen molar-refractivity contribution >= 4 is 0 Å². The Morgan fingerprint density at radius 1 is 0.941 bits per heavy atom. The van der Waals surface area contributed by atoms with Crippen molar-refractivity contribution in [2.75, 3.05) is 19.6 Å². The molecule has 0 amide bonds. The molecule has 2 atom stereocenters. The summed E-state index contributed by atoms with van der Waals surface area (Å²) in [6.45, 7) is 3.70. The second-order valence-electron chi connectivity index (χ2n) is 6.81. The largest absolute Gasteiger partial charge is 0.330 e. The molecule has 2 heteroatoms. The van der Waals surface area contributed by atoms with Gasteiger partial charge >= 0.3 is 0 Å². The molecule has 1 heterocycles. The molecule has 2 saturated carbocycles. The molecule has 3 rings (SSSR count). The van der Waals surface area contributed by atoms with Crippen LogP contribution in [0.15, 0.2) is 0 Å². The molecule has 2 N–H and O–H groups in total. The Morgan fingerprint density at radius 2 is 1.65 bits per heavy atom. The smallest absolute Gasteiger partial charge is 0.0136 e. The van der Waals surface area contributed by atoms with Crippen molar-refractivity contribution in [1.29, 1.82) is 0 Å². The van der Waals surface area contributed by atoms with Gasteiger partial charge in [-0.3, -0.25) is 4.90 Å². The summed E-state index contributed by atoms with van der Waals surface area (Å²) in [7, 11) is 0. The first-order valence-corrected chi connectivity index (χ1v) is 7.77. The maximum absolute atomic E-state index is 5.95. The van der Waals surface area contributed by atoms with E-state index in [1.165, 1.54) is 70.9 Å². The van der Waals surface area contributed by atoms with Gasteiger partial charge in [-0.15, -0.1) is 0 Å². The van der Waals surface area contributed by atoms with Crippen LogP contribution in [0.4, 0.5) is 0 Å². The lowest BCUT2D eigenvalue weighted by Crippen LogP contribution is -2.62. The second kappa shape index (κ2) is 4.89. The lowest BCUT2D eigenvalue weighted by Gasteiger charge is -2.57. The van der Waals surface area contributed by atoms with Crippen LogP contribution in [0.1, 0.15) is 57.8 Å². The van der Waals surface area contributed by atoms with Crippen LogP contribution in [-0.4, -0.2) is 30.6 Å². The maximum Gasteiger partial charge on any atom is 0.0136 e. The van der Waals surface area contributed by atoms with Crippen LogP contribution >= 0.6 is 0 Å². The van der Waals surface area contributed by atoms with Crippen LogP contribution < -0.4 is 5.73 Å². The van der Waals surface area contributed by atoms with Gasteiger partial charge in [0.05, 0.1) is 0 Å². The first-order valence-electron chi connectivity index (χ1n) is 7.77. The average Bonchev–Trinajstić information content (AvgIpc) is 2.37. The summed E-state index contributed by atoms with van der Waals surface area (Å²) in [5, 5.41) is 0. The molecule has 1 spiro atoms. The predicted molar refractivity (Wildman–Crippen MR) is 71.9 cm³/mol. The standard InChI is InChI=1S/C15H28N2/c16-10-13-6-2-3-7-14(13)17-11-15(12-17)8-4-1-5-9-15/h13-14H,1-12,16H2. The normalized spacial score (nSPS) is 37.9. The number of hydrogen-bond acceptors (Lipinski definition) is 2. The minimum atomic E-state index is 0.745. The van der Waals surface area contributed by atoms with Crippen molar-refractivity contribution in [1.82, 2.24) is 4.90 Å². The third-order valence-corrected chi connectivity index (χ3v) is 5.63. The van der Waals surface area contributed by atoms with E-state index < -0.39 is 0 Å². The lowest BCUT2D eigenvalue weighted by atomic mass is 9.67. The first kappa shape index (κ1) is 12.0. The Labute approximate surface area is 106 Å². The number of nitrogens with zero attached hydrogens (tertiary/aromatic N) is 1. The zero-order valence-corrected chi connectivity index (χ0v) is 11.2. The molecule has 2 nitrogen and oxygen atoms in total. The molecule has 98 valence electrons. The Kier molecular flexibility index (Phi) is 3.45. The highest BCUT2D eigenvalue weighted by molar-refractivity contribution is 5.00. The van der Waals surface area contributed by atoms with Crippen LogP contribution in [0, 0.1) is 11.3 Å². The van der Waals surface area contributed by atoms with Gasteiger partial charge in [0, 0.05) is 19.1 Å². The Hall–Kier alpha value is -0.0800. The van der Waals surface area contributed by atoms with Gasteiger partial charge in [0.2, 0.25) is 0 Å². The number of nitrogens with two attached hydrogens (primary N) is 1. The van der Waals surface area contributed by atoms with Gasteiger partial charge in [-0.2, -0.15) is 0 Å². The molecule has 0 radical (unpaired) electrons. The Balaban J connectivity index is 1.56. The highest BCUT2D eigenvalue weighted by atomic mass is 15.2. The maximum atomic E-state index is 5.95. The molecule has 0 aromatic heterocycles. The molecule has 2 unspecified atom stereocenters. The predicted octanol–water partition coefficient (Wildman–Crippen LogP) is 2.77. The van der Waals surface area contributed by atoms with Crippen molar-refractivity contribution in [3.63, 3.8) is 0 Å². The summed E-state index contributed by atoms with van der Waals surface area (Å²) in [6.07, 6.45) is 13.1. The van der Waals surface area contributed by atoms with Crippen molar-refractivity contribution < 1.29 is 0 Å². The van der Waals surface area contributed by atoms with Gasteiger partial charge in [-0.25, -0.2) is 0 Å². The fourth-order valence-electron chi connectivity index (χ4n) is 4.61. The monoisotopic (exact) mass is 236 g/mol. The van der Waals surface area contributed by atoms with Gasteiger partial charge in [-0.1, -0.05) is 32.1 Å². The molecule has 17 heavy (non-hydrogen) atoms. The topological polar surface area (TPSA) is 29.3 Å². The Bertz CT molecular complexity index is 250. The fraction of sp³-hybridized carbons (Fsp3) is 1.00. The summed E-state index contributed by atoms with van der Waals surface area (Å²) >= 11 is 0. The van der Waals surface area contributed by atoms with Gasteiger partial charge in [-0.05, 0) is 43.6 Å². The SMILES string of the molecule is NCC1CCCCC1N1CC2(CCCCC2)C1. The van der Waals surface area contributed by atoms with Crippen LogP contribution in [0.5, 0.6) is 0 Å². The van der Waals surface area contributed by atoms with Gasteiger partial charge < -0.3 is 5.73 Å². The molecule has 0 aromatic rings. The highest BCUT2D eigenvalue weighted by Crippen LogP contribution is 2.46. The molecule has 1 aliphatic heterocycles. The van der Waals surface area contributed by atoms with Crippen LogP contribution in [-0.2, 0) is 0 Å². The van der Waals surface area contributed by atoms with Gasteiger partial charge in [0.25, 0.3) is 0 Å². The van der Waals surface area contributed by atoms with E-state index in [1.807, 2.05) is 0 Å². The first-order chi connectivity index (χ1) is 8.33. The van der Waals surface area contributed by atoms with E-state index in [0.717, 1.165) is 23.9 Å². The van der Waals surface area contributed by atoms with E-state index in [2.05, 4.69) is 4.90 Å². The molecular weight excluding hydrogens is 208 g/mol. The molecule has 3 aliphatic rings. The molecule has 0 bridgehead atoms. The third-order valence-electron chi connectivity index (χ3n) is 5.63. The average molecular weight is 236 g/mol. The second-order valence-corrected chi connectivity index (χ2v) is 6.81. The van der Waals surface area contributed by atoms with E-state index in [-0.39, 0.29) is 0 Å². The van der Waals surface area contributed by atoms with E-state index in [9.17, 15) is 0 Å². The minimum Gasteiger partial charge on any atom is -0.330 e. The minimum absolute atomic E-state index is 0.745.